The lowest BCUT2D eigenvalue weighted by Gasteiger charge is -2.01. The molecule has 0 radical (unpaired) electrons. The summed E-state index contributed by atoms with van der Waals surface area (Å²) in [6, 6.07) is 1.80. The molecule has 0 bridgehead atoms. The average molecular weight is 200 g/mol. The monoisotopic (exact) mass is 200 g/mol. The van der Waals surface area contributed by atoms with Gasteiger partial charge in [-0.2, -0.15) is 10.4 Å². The van der Waals surface area contributed by atoms with Crippen LogP contribution < -0.4 is 4.72 Å². The van der Waals surface area contributed by atoms with Crippen molar-refractivity contribution in [3.63, 3.8) is 0 Å². The molecule has 1 heterocycles. The summed E-state index contributed by atoms with van der Waals surface area (Å²) in [6.07, 6.45) is 1.26. The topological polar surface area (TPSA) is 98.6 Å². The van der Waals surface area contributed by atoms with Crippen LogP contribution in [0.25, 0.3) is 0 Å². The smallest absolute Gasteiger partial charge is 0.233 e. The number of nitriles is 1. The summed E-state index contributed by atoms with van der Waals surface area (Å²) < 4.78 is 24.3. The van der Waals surface area contributed by atoms with Gasteiger partial charge in [0, 0.05) is 0 Å². The van der Waals surface area contributed by atoms with Crippen molar-refractivity contribution in [1.29, 1.82) is 5.26 Å². The zero-order chi connectivity index (χ0) is 9.90. The van der Waals surface area contributed by atoms with Gasteiger partial charge in [0.15, 0.2) is 5.82 Å². The molecule has 13 heavy (non-hydrogen) atoms. The van der Waals surface area contributed by atoms with Gasteiger partial charge in [0.1, 0.15) is 11.6 Å². The maximum absolute atomic E-state index is 11.1. The quantitative estimate of drug-likeness (QED) is 0.719. The van der Waals surface area contributed by atoms with Crippen molar-refractivity contribution >= 4 is 15.8 Å². The van der Waals surface area contributed by atoms with Gasteiger partial charge >= 0.3 is 0 Å². The number of H-pyrrole nitrogens is 1. The van der Waals surface area contributed by atoms with Gasteiger partial charge in [-0.3, -0.25) is 9.82 Å². The van der Waals surface area contributed by atoms with Crippen LogP contribution in [0.3, 0.4) is 0 Å². The minimum Gasteiger partial charge on any atom is -0.267 e. The Morgan fingerprint density at radius 3 is 3.00 bits per heavy atom. The van der Waals surface area contributed by atoms with Crippen LogP contribution in [0.5, 0.6) is 0 Å². The number of hydrogen-bond donors (Lipinski definition) is 2. The number of anilines is 1. The molecule has 70 valence electrons. The summed E-state index contributed by atoms with van der Waals surface area (Å²) in [5.74, 6) is 0.0704. The van der Waals surface area contributed by atoms with Crippen molar-refractivity contribution in [3.05, 3.63) is 11.8 Å². The van der Waals surface area contributed by atoms with Gasteiger partial charge in [0.05, 0.1) is 11.9 Å². The Morgan fingerprint density at radius 1 is 1.77 bits per heavy atom. The van der Waals surface area contributed by atoms with Crippen molar-refractivity contribution in [1.82, 2.24) is 10.2 Å². The maximum atomic E-state index is 11.1. The molecule has 0 saturated carbocycles. The average Bonchev–Trinajstić information content (AvgIpc) is 2.51. The van der Waals surface area contributed by atoms with Crippen LogP contribution in [0.2, 0.25) is 0 Å². The summed E-state index contributed by atoms with van der Waals surface area (Å²) >= 11 is 0. The molecule has 0 amide bonds. The van der Waals surface area contributed by atoms with Crippen LogP contribution in [0.1, 0.15) is 12.5 Å². The molecule has 0 spiro atoms. The molecule has 6 nitrogen and oxygen atoms in total. The molecule has 0 saturated heterocycles. The molecule has 0 aliphatic carbocycles. The van der Waals surface area contributed by atoms with Gasteiger partial charge in [-0.15, -0.1) is 0 Å². The molecule has 0 atom stereocenters. The van der Waals surface area contributed by atoms with E-state index in [4.69, 9.17) is 5.26 Å². The number of aromatic amines is 1. The van der Waals surface area contributed by atoms with Gasteiger partial charge in [0.25, 0.3) is 0 Å². The van der Waals surface area contributed by atoms with Gasteiger partial charge in [-0.1, -0.05) is 0 Å². The fraction of sp³-hybridized carbons (Fsp3) is 0.333. The summed E-state index contributed by atoms with van der Waals surface area (Å²) in [5.41, 5.74) is 0.178. The first-order chi connectivity index (χ1) is 6.09. The number of rotatable bonds is 3. The molecule has 1 aromatic rings. The molecule has 0 fully saturated rings. The number of sulfonamides is 1. The number of hydrogen-bond acceptors (Lipinski definition) is 4. The second-order valence-corrected chi connectivity index (χ2v) is 4.29. The van der Waals surface area contributed by atoms with Crippen LogP contribution >= 0.6 is 0 Å². The lowest BCUT2D eigenvalue weighted by Crippen LogP contribution is -2.15. The molecular weight excluding hydrogens is 192 g/mol. The van der Waals surface area contributed by atoms with Gasteiger partial charge in [0.2, 0.25) is 10.0 Å². The second kappa shape index (κ2) is 3.45. The van der Waals surface area contributed by atoms with E-state index in [-0.39, 0.29) is 17.1 Å². The standard InChI is InChI=1S/C6H8N4O2S/c1-2-13(11,12)10-6-5(3-7)4-8-9-6/h4H,2H2,1H3,(H2,8,9,10). The summed E-state index contributed by atoms with van der Waals surface area (Å²) in [7, 11) is -3.35. The summed E-state index contributed by atoms with van der Waals surface area (Å²) in [5, 5.41) is 14.5. The van der Waals surface area contributed by atoms with E-state index in [0.717, 1.165) is 0 Å². The fourth-order valence-corrected chi connectivity index (χ4v) is 1.29. The molecule has 0 aliphatic rings. The van der Waals surface area contributed by atoms with E-state index in [1.54, 1.807) is 6.07 Å². The highest BCUT2D eigenvalue weighted by atomic mass is 32.2. The van der Waals surface area contributed by atoms with E-state index < -0.39 is 10.0 Å². The normalized spacial score (nSPS) is 10.8. The molecular formula is C6H8N4O2S. The van der Waals surface area contributed by atoms with Crippen LogP contribution in [-0.2, 0) is 10.0 Å². The van der Waals surface area contributed by atoms with E-state index in [1.165, 1.54) is 13.1 Å². The Hall–Kier alpha value is -1.55. The van der Waals surface area contributed by atoms with Gasteiger partial charge < -0.3 is 0 Å². The Morgan fingerprint density at radius 2 is 2.46 bits per heavy atom. The van der Waals surface area contributed by atoms with Crippen LogP contribution in [0.4, 0.5) is 5.82 Å². The SMILES string of the molecule is CCS(=O)(=O)Nc1[nH]ncc1C#N. The van der Waals surface area contributed by atoms with Crippen molar-refractivity contribution in [2.24, 2.45) is 0 Å². The van der Waals surface area contributed by atoms with Crippen molar-refractivity contribution in [3.8, 4) is 6.07 Å². The summed E-state index contributed by atoms with van der Waals surface area (Å²) in [6.45, 7) is 1.50. The second-order valence-electron chi connectivity index (χ2n) is 2.28. The Kier molecular flexibility index (Phi) is 2.53. The van der Waals surface area contributed by atoms with E-state index >= 15 is 0 Å². The largest absolute Gasteiger partial charge is 0.267 e. The number of nitrogens with zero attached hydrogens (tertiary/aromatic N) is 2. The Balaban J connectivity index is 2.94. The number of aromatic nitrogens is 2. The Bertz CT molecular complexity index is 428. The lowest BCUT2D eigenvalue weighted by molar-refractivity contribution is 0.602. The van der Waals surface area contributed by atoms with Crippen LogP contribution in [-0.4, -0.2) is 24.4 Å². The molecule has 0 aromatic carbocycles. The zero-order valence-electron chi connectivity index (χ0n) is 6.90. The van der Waals surface area contributed by atoms with Gasteiger partial charge in [-0.25, -0.2) is 8.42 Å². The third-order valence-corrected chi connectivity index (χ3v) is 2.67. The van der Waals surface area contributed by atoms with Gasteiger partial charge in [-0.05, 0) is 6.92 Å². The van der Waals surface area contributed by atoms with Crippen molar-refractivity contribution in [2.75, 3.05) is 10.5 Å². The third-order valence-electron chi connectivity index (χ3n) is 1.40. The first-order valence-electron chi connectivity index (χ1n) is 3.53. The fourth-order valence-electron chi connectivity index (χ4n) is 0.676. The Labute approximate surface area is 75.6 Å². The zero-order valence-corrected chi connectivity index (χ0v) is 7.72. The molecule has 0 aliphatic heterocycles. The van der Waals surface area contributed by atoms with Crippen LogP contribution in [0, 0.1) is 11.3 Å². The third kappa shape index (κ3) is 2.19. The highest BCUT2D eigenvalue weighted by molar-refractivity contribution is 7.92. The highest BCUT2D eigenvalue weighted by Gasteiger charge is 2.11. The molecule has 1 aromatic heterocycles. The predicted octanol–water partition coefficient (Wildman–Crippen LogP) is 0.0430. The molecule has 1 rings (SSSR count). The summed E-state index contributed by atoms with van der Waals surface area (Å²) in [4.78, 5) is 0. The highest BCUT2D eigenvalue weighted by Crippen LogP contribution is 2.10. The van der Waals surface area contributed by atoms with E-state index in [1.807, 2.05) is 0 Å². The van der Waals surface area contributed by atoms with E-state index in [0.29, 0.717) is 0 Å². The molecule has 7 heteroatoms. The lowest BCUT2D eigenvalue weighted by atomic mass is 10.4. The minimum atomic E-state index is -3.35. The predicted molar refractivity (Wildman–Crippen MR) is 46.4 cm³/mol. The first-order valence-corrected chi connectivity index (χ1v) is 5.18. The molecule has 2 N–H and O–H groups in total. The van der Waals surface area contributed by atoms with Crippen molar-refractivity contribution in [2.45, 2.75) is 6.92 Å². The van der Waals surface area contributed by atoms with Crippen LogP contribution in [0.15, 0.2) is 6.20 Å². The van der Waals surface area contributed by atoms with E-state index in [2.05, 4.69) is 14.9 Å². The maximum Gasteiger partial charge on any atom is 0.233 e. The van der Waals surface area contributed by atoms with E-state index in [9.17, 15) is 8.42 Å². The van der Waals surface area contributed by atoms with Crippen molar-refractivity contribution < 1.29 is 8.42 Å². The first kappa shape index (κ1) is 9.54. The molecule has 0 unspecified atom stereocenters. The minimum absolute atomic E-state index is 0.0448. The number of nitrogens with one attached hydrogen (secondary N) is 2.